The van der Waals surface area contributed by atoms with Gasteiger partial charge in [-0.05, 0) is 31.1 Å². The Morgan fingerprint density at radius 2 is 1.65 bits per heavy atom. The molecule has 3 heteroatoms. The second-order valence-corrected chi connectivity index (χ2v) is 6.55. The van der Waals surface area contributed by atoms with Crippen molar-refractivity contribution in [1.29, 1.82) is 0 Å². The van der Waals surface area contributed by atoms with Crippen LogP contribution in [0.4, 0.5) is 0 Å². The molecule has 2 rings (SSSR count). The van der Waals surface area contributed by atoms with Crippen LogP contribution in [0.2, 0.25) is 0 Å². The average molecular weight is 241 g/mol. The SMILES string of the molecule is CC1(C)CCCCC1(O)C1(CN)CCOCC1. The first-order chi connectivity index (χ1) is 7.97. The van der Waals surface area contributed by atoms with Crippen molar-refractivity contribution in [2.45, 2.75) is 58.0 Å². The van der Waals surface area contributed by atoms with Crippen LogP contribution in [0.1, 0.15) is 52.4 Å². The van der Waals surface area contributed by atoms with E-state index in [0.29, 0.717) is 6.54 Å². The van der Waals surface area contributed by atoms with Crippen LogP contribution in [-0.2, 0) is 4.74 Å². The average Bonchev–Trinajstić information content (AvgIpc) is 2.33. The molecule has 3 N–H and O–H groups in total. The van der Waals surface area contributed by atoms with Gasteiger partial charge in [-0.3, -0.25) is 0 Å². The van der Waals surface area contributed by atoms with Gasteiger partial charge in [-0.1, -0.05) is 26.7 Å². The van der Waals surface area contributed by atoms with Gasteiger partial charge in [0.1, 0.15) is 0 Å². The van der Waals surface area contributed by atoms with Crippen molar-refractivity contribution in [1.82, 2.24) is 0 Å². The third-order valence-corrected chi connectivity index (χ3v) is 5.43. The smallest absolute Gasteiger partial charge is 0.0768 e. The maximum Gasteiger partial charge on any atom is 0.0768 e. The molecule has 100 valence electrons. The molecule has 2 aliphatic rings. The highest BCUT2D eigenvalue weighted by Gasteiger charge is 2.58. The van der Waals surface area contributed by atoms with Crippen molar-refractivity contribution < 1.29 is 9.84 Å². The minimum Gasteiger partial charge on any atom is -0.389 e. The first kappa shape index (κ1) is 13.3. The third-order valence-electron chi connectivity index (χ3n) is 5.43. The van der Waals surface area contributed by atoms with E-state index in [-0.39, 0.29) is 10.8 Å². The molecule has 0 amide bonds. The lowest BCUT2D eigenvalue weighted by Crippen LogP contribution is -2.63. The lowest BCUT2D eigenvalue weighted by Gasteiger charge is -2.58. The fourth-order valence-electron chi connectivity index (χ4n) is 4.02. The Balaban J connectivity index is 2.32. The molecule has 1 aliphatic carbocycles. The Kier molecular flexibility index (Phi) is 3.54. The van der Waals surface area contributed by atoms with Gasteiger partial charge in [-0.2, -0.15) is 0 Å². The van der Waals surface area contributed by atoms with Gasteiger partial charge in [0, 0.05) is 25.2 Å². The van der Waals surface area contributed by atoms with Crippen molar-refractivity contribution in [2.24, 2.45) is 16.6 Å². The maximum absolute atomic E-state index is 11.3. The van der Waals surface area contributed by atoms with Crippen LogP contribution in [0.15, 0.2) is 0 Å². The third kappa shape index (κ3) is 1.92. The highest BCUT2D eigenvalue weighted by molar-refractivity contribution is 5.09. The zero-order valence-corrected chi connectivity index (χ0v) is 11.3. The zero-order chi connectivity index (χ0) is 12.6. The normalized spacial score (nSPS) is 36.7. The predicted octanol–water partition coefficient (Wildman–Crippen LogP) is 2.07. The molecule has 1 atom stereocenters. The molecular weight excluding hydrogens is 214 g/mol. The van der Waals surface area contributed by atoms with E-state index in [9.17, 15) is 5.11 Å². The molecule has 1 heterocycles. The van der Waals surface area contributed by atoms with Gasteiger partial charge in [-0.15, -0.1) is 0 Å². The summed E-state index contributed by atoms with van der Waals surface area (Å²) in [7, 11) is 0. The zero-order valence-electron chi connectivity index (χ0n) is 11.3. The van der Waals surface area contributed by atoms with Gasteiger partial charge in [0.15, 0.2) is 0 Å². The van der Waals surface area contributed by atoms with Crippen LogP contribution in [0.25, 0.3) is 0 Å². The monoisotopic (exact) mass is 241 g/mol. The number of ether oxygens (including phenoxy) is 1. The quantitative estimate of drug-likeness (QED) is 0.778. The van der Waals surface area contributed by atoms with Gasteiger partial charge in [-0.25, -0.2) is 0 Å². The van der Waals surface area contributed by atoms with Crippen LogP contribution in [0, 0.1) is 10.8 Å². The Morgan fingerprint density at radius 1 is 1.06 bits per heavy atom. The highest BCUT2D eigenvalue weighted by Crippen LogP contribution is 2.56. The summed E-state index contributed by atoms with van der Waals surface area (Å²) in [6.45, 7) is 6.49. The number of rotatable bonds is 2. The van der Waals surface area contributed by atoms with Crippen molar-refractivity contribution >= 4 is 0 Å². The molecule has 0 aromatic carbocycles. The lowest BCUT2D eigenvalue weighted by molar-refractivity contribution is -0.205. The van der Waals surface area contributed by atoms with E-state index in [1.54, 1.807) is 0 Å². The summed E-state index contributed by atoms with van der Waals surface area (Å²) in [5.41, 5.74) is 5.29. The van der Waals surface area contributed by atoms with Crippen LogP contribution in [0.3, 0.4) is 0 Å². The molecule has 1 saturated heterocycles. The standard InChI is InChI=1S/C14H27NO2/c1-12(2)5-3-4-6-14(12,16)13(11-15)7-9-17-10-8-13/h16H,3-11,15H2,1-2H3. The van der Waals surface area contributed by atoms with Gasteiger partial charge in [0.05, 0.1) is 5.60 Å². The molecule has 2 fully saturated rings. The molecule has 1 aliphatic heterocycles. The Labute approximate surface area is 105 Å². The number of nitrogens with two attached hydrogens (primary N) is 1. The molecule has 3 nitrogen and oxygen atoms in total. The van der Waals surface area contributed by atoms with Gasteiger partial charge >= 0.3 is 0 Å². The first-order valence-electron chi connectivity index (χ1n) is 6.98. The molecule has 0 spiro atoms. The molecule has 1 unspecified atom stereocenters. The van der Waals surface area contributed by atoms with E-state index in [4.69, 9.17) is 10.5 Å². The largest absolute Gasteiger partial charge is 0.389 e. The fourth-order valence-corrected chi connectivity index (χ4v) is 4.02. The summed E-state index contributed by atoms with van der Waals surface area (Å²) in [6, 6.07) is 0. The number of hydrogen-bond acceptors (Lipinski definition) is 3. The first-order valence-corrected chi connectivity index (χ1v) is 6.98. The van der Waals surface area contributed by atoms with Gasteiger partial charge < -0.3 is 15.6 Å². The predicted molar refractivity (Wildman–Crippen MR) is 68.7 cm³/mol. The van der Waals surface area contributed by atoms with Crippen molar-refractivity contribution in [2.75, 3.05) is 19.8 Å². The molecular formula is C14H27NO2. The molecule has 0 bridgehead atoms. The molecule has 0 aromatic rings. The Morgan fingerprint density at radius 3 is 2.18 bits per heavy atom. The lowest BCUT2D eigenvalue weighted by atomic mass is 9.52. The Bertz CT molecular complexity index is 271. The van der Waals surface area contributed by atoms with Crippen molar-refractivity contribution in [3.05, 3.63) is 0 Å². The summed E-state index contributed by atoms with van der Waals surface area (Å²) in [6.07, 6.45) is 6.17. The fraction of sp³-hybridized carbons (Fsp3) is 1.00. The number of aliphatic hydroxyl groups is 1. The molecule has 0 aromatic heterocycles. The summed E-state index contributed by atoms with van der Waals surface area (Å²) < 4.78 is 5.46. The second kappa shape index (κ2) is 4.52. The summed E-state index contributed by atoms with van der Waals surface area (Å²) in [5, 5.41) is 11.3. The minimum absolute atomic E-state index is 0.0258. The topological polar surface area (TPSA) is 55.5 Å². The van der Waals surface area contributed by atoms with Crippen molar-refractivity contribution in [3.8, 4) is 0 Å². The van der Waals surface area contributed by atoms with E-state index < -0.39 is 5.60 Å². The maximum atomic E-state index is 11.3. The summed E-state index contributed by atoms with van der Waals surface area (Å²) >= 11 is 0. The van der Waals surface area contributed by atoms with E-state index in [1.165, 1.54) is 6.42 Å². The van der Waals surface area contributed by atoms with E-state index >= 15 is 0 Å². The van der Waals surface area contributed by atoms with Gasteiger partial charge in [0.25, 0.3) is 0 Å². The number of hydrogen-bond donors (Lipinski definition) is 2. The molecule has 17 heavy (non-hydrogen) atoms. The van der Waals surface area contributed by atoms with Crippen LogP contribution in [-0.4, -0.2) is 30.5 Å². The Hall–Kier alpha value is -0.120. The molecule has 0 radical (unpaired) electrons. The van der Waals surface area contributed by atoms with E-state index in [0.717, 1.165) is 45.3 Å². The van der Waals surface area contributed by atoms with E-state index in [2.05, 4.69) is 13.8 Å². The van der Waals surface area contributed by atoms with Crippen molar-refractivity contribution in [3.63, 3.8) is 0 Å². The summed E-state index contributed by atoms with van der Waals surface area (Å²) in [5.74, 6) is 0. The second-order valence-electron chi connectivity index (χ2n) is 6.55. The van der Waals surface area contributed by atoms with Crippen LogP contribution >= 0.6 is 0 Å². The van der Waals surface area contributed by atoms with Crippen LogP contribution < -0.4 is 5.73 Å². The highest BCUT2D eigenvalue weighted by atomic mass is 16.5. The molecule has 1 saturated carbocycles. The van der Waals surface area contributed by atoms with Gasteiger partial charge in [0.2, 0.25) is 0 Å². The van der Waals surface area contributed by atoms with Crippen LogP contribution in [0.5, 0.6) is 0 Å². The van der Waals surface area contributed by atoms with E-state index in [1.807, 2.05) is 0 Å². The summed E-state index contributed by atoms with van der Waals surface area (Å²) in [4.78, 5) is 0. The minimum atomic E-state index is -0.614.